The molecule has 1 N–H and O–H groups in total. The third-order valence-corrected chi connectivity index (χ3v) is 5.23. The third kappa shape index (κ3) is 5.23. The molecule has 1 rings (SSSR count). The van der Waals surface area contributed by atoms with Crippen LogP contribution in [0.25, 0.3) is 0 Å². The van der Waals surface area contributed by atoms with Gasteiger partial charge in [0.15, 0.2) is 0 Å². The first kappa shape index (κ1) is 17.1. The van der Waals surface area contributed by atoms with E-state index in [4.69, 9.17) is 0 Å². The van der Waals surface area contributed by atoms with Crippen LogP contribution in [-0.4, -0.2) is 32.4 Å². The van der Waals surface area contributed by atoms with Crippen molar-refractivity contribution >= 4 is 10.0 Å². The Hall–Kier alpha value is -0.910. The minimum Gasteiger partial charge on any atom is -0.313 e. The molecule has 0 fully saturated rings. The molecule has 0 saturated carbocycles. The Morgan fingerprint density at radius 2 is 1.55 bits per heavy atom. The minimum absolute atomic E-state index is 0.0807. The average Bonchev–Trinajstić information content (AvgIpc) is 2.41. The predicted molar refractivity (Wildman–Crippen MR) is 84.0 cm³/mol. The zero-order valence-electron chi connectivity index (χ0n) is 12.7. The fourth-order valence-electron chi connectivity index (χ4n) is 2.08. The van der Waals surface area contributed by atoms with E-state index in [0.29, 0.717) is 13.1 Å². The van der Waals surface area contributed by atoms with Gasteiger partial charge in [-0.3, -0.25) is 0 Å². The van der Waals surface area contributed by atoms with Crippen LogP contribution in [0.3, 0.4) is 0 Å². The van der Waals surface area contributed by atoms with Crippen molar-refractivity contribution in [3.8, 4) is 0 Å². The van der Waals surface area contributed by atoms with Gasteiger partial charge >= 0.3 is 0 Å². The normalized spacial score (nSPS) is 12.0. The summed E-state index contributed by atoms with van der Waals surface area (Å²) in [7, 11) is -3.19. The summed E-state index contributed by atoms with van der Waals surface area (Å²) >= 11 is 0. The maximum absolute atomic E-state index is 12.2. The zero-order valence-corrected chi connectivity index (χ0v) is 13.5. The number of sulfonamides is 1. The van der Waals surface area contributed by atoms with Crippen molar-refractivity contribution in [1.82, 2.24) is 9.62 Å². The smallest absolute Gasteiger partial charge is 0.218 e. The maximum atomic E-state index is 12.2. The molecule has 0 aliphatic rings. The molecule has 0 spiro atoms. The zero-order chi connectivity index (χ0) is 15.0. The first-order chi connectivity index (χ1) is 9.53. The Morgan fingerprint density at radius 3 is 2.05 bits per heavy atom. The summed E-state index contributed by atoms with van der Waals surface area (Å²) in [5.41, 5.74) is 2.03. The third-order valence-electron chi connectivity index (χ3n) is 3.23. The monoisotopic (exact) mass is 298 g/mol. The van der Waals surface area contributed by atoms with Crippen LogP contribution in [0.2, 0.25) is 0 Å². The highest BCUT2D eigenvalue weighted by atomic mass is 32.2. The molecule has 4 nitrogen and oxygen atoms in total. The minimum atomic E-state index is -3.19. The molecule has 1 aromatic carbocycles. The molecule has 0 amide bonds. The summed E-state index contributed by atoms with van der Waals surface area (Å²) in [6.07, 6.45) is 1.11. The number of nitrogens with zero attached hydrogens (tertiary/aromatic N) is 1. The molecular weight excluding hydrogens is 272 g/mol. The van der Waals surface area contributed by atoms with Gasteiger partial charge in [0, 0.05) is 19.6 Å². The lowest BCUT2D eigenvalue weighted by Gasteiger charge is -2.18. The summed E-state index contributed by atoms with van der Waals surface area (Å²) in [5, 5.41) is 3.33. The molecule has 0 unspecified atom stereocenters. The average molecular weight is 298 g/mol. The molecule has 114 valence electrons. The molecule has 0 heterocycles. The van der Waals surface area contributed by atoms with Crippen molar-refractivity contribution < 1.29 is 8.42 Å². The topological polar surface area (TPSA) is 49.4 Å². The quantitative estimate of drug-likeness (QED) is 0.712. The van der Waals surface area contributed by atoms with Gasteiger partial charge in [0.25, 0.3) is 0 Å². The molecule has 1 aromatic rings. The van der Waals surface area contributed by atoms with Crippen LogP contribution >= 0.6 is 0 Å². The molecule has 0 saturated heterocycles. The van der Waals surface area contributed by atoms with E-state index in [0.717, 1.165) is 25.1 Å². The number of hydrogen-bond acceptors (Lipinski definition) is 3. The van der Waals surface area contributed by atoms with Gasteiger partial charge in [-0.1, -0.05) is 45.0 Å². The van der Waals surface area contributed by atoms with Crippen LogP contribution in [0.15, 0.2) is 24.3 Å². The second kappa shape index (κ2) is 8.39. The second-order valence-corrected chi connectivity index (χ2v) is 6.80. The van der Waals surface area contributed by atoms with Gasteiger partial charge in [0.05, 0.1) is 5.75 Å². The van der Waals surface area contributed by atoms with Crippen molar-refractivity contribution in [2.45, 2.75) is 39.5 Å². The van der Waals surface area contributed by atoms with Gasteiger partial charge < -0.3 is 5.32 Å². The fraction of sp³-hybridized carbons (Fsp3) is 0.600. The molecule has 5 heteroatoms. The molecule has 20 heavy (non-hydrogen) atoms. The van der Waals surface area contributed by atoms with E-state index in [1.807, 2.05) is 38.1 Å². The van der Waals surface area contributed by atoms with E-state index in [2.05, 4.69) is 12.2 Å². The van der Waals surface area contributed by atoms with Crippen LogP contribution in [0.1, 0.15) is 38.3 Å². The summed E-state index contributed by atoms with van der Waals surface area (Å²) < 4.78 is 25.8. The fourth-order valence-corrected chi connectivity index (χ4v) is 3.66. The Labute approximate surface area is 123 Å². The molecule has 0 aliphatic carbocycles. The SMILES string of the molecule is CCCNCc1ccc(CS(=O)(=O)N(CC)CC)cc1. The van der Waals surface area contributed by atoms with Crippen molar-refractivity contribution in [1.29, 1.82) is 0 Å². The van der Waals surface area contributed by atoms with Gasteiger partial charge in [-0.2, -0.15) is 0 Å². The summed E-state index contributed by atoms with van der Waals surface area (Å²) in [5.74, 6) is 0.0807. The number of nitrogens with one attached hydrogen (secondary N) is 1. The molecule has 0 radical (unpaired) electrons. The Kier molecular flexibility index (Phi) is 7.19. The molecule has 0 bridgehead atoms. The highest BCUT2D eigenvalue weighted by molar-refractivity contribution is 7.88. The molecule has 0 aliphatic heterocycles. The van der Waals surface area contributed by atoms with Crippen molar-refractivity contribution in [3.05, 3.63) is 35.4 Å². The van der Waals surface area contributed by atoms with E-state index < -0.39 is 10.0 Å². The summed E-state index contributed by atoms with van der Waals surface area (Å²) in [4.78, 5) is 0. The predicted octanol–water partition coefficient (Wildman–Crippen LogP) is 2.36. The number of rotatable bonds is 9. The Balaban J connectivity index is 2.65. The van der Waals surface area contributed by atoms with Gasteiger partial charge in [-0.25, -0.2) is 12.7 Å². The van der Waals surface area contributed by atoms with Gasteiger partial charge in [-0.05, 0) is 24.1 Å². The number of hydrogen-bond donors (Lipinski definition) is 1. The van der Waals surface area contributed by atoms with E-state index >= 15 is 0 Å². The summed E-state index contributed by atoms with van der Waals surface area (Å²) in [6, 6.07) is 7.81. The van der Waals surface area contributed by atoms with Gasteiger partial charge in [0.2, 0.25) is 10.0 Å². The first-order valence-corrected chi connectivity index (χ1v) is 8.90. The van der Waals surface area contributed by atoms with Gasteiger partial charge in [0.1, 0.15) is 0 Å². The van der Waals surface area contributed by atoms with Crippen molar-refractivity contribution in [3.63, 3.8) is 0 Å². The highest BCUT2D eigenvalue weighted by Gasteiger charge is 2.18. The number of benzene rings is 1. The van der Waals surface area contributed by atoms with E-state index in [-0.39, 0.29) is 5.75 Å². The van der Waals surface area contributed by atoms with E-state index in [1.54, 1.807) is 0 Å². The van der Waals surface area contributed by atoms with Crippen molar-refractivity contribution in [2.75, 3.05) is 19.6 Å². The van der Waals surface area contributed by atoms with E-state index in [9.17, 15) is 8.42 Å². The van der Waals surface area contributed by atoms with Crippen LogP contribution in [-0.2, 0) is 22.3 Å². The van der Waals surface area contributed by atoms with Crippen LogP contribution in [0.4, 0.5) is 0 Å². The van der Waals surface area contributed by atoms with E-state index in [1.165, 1.54) is 9.87 Å². The standard InChI is InChI=1S/C15H26N2O2S/c1-4-11-16-12-14-7-9-15(10-8-14)13-20(18,19)17(5-2)6-3/h7-10,16H,4-6,11-13H2,1-3H3. The van der Waals surface area contributed by atoms with Gasteiger partial charge in [-0.15, -0.1) is 0 Å². The molecule has 0 aromatic heterocycles. The van der Waals surface area contributed by atoms with Crippen LogP contribution in [0, 0.1) is 0 Å². The molecule has 0 atom stereocenters. The highest BCUT2D eigenvalue weighted by Crippen LogP contribution is 2.12. The van der Waals surface area contributed by atoms with Crippen molar-refractivity contribution in [2.24, 2.45) is 0 Å². The lowest BCUT2D eigenvalue weighted by molar-refractivity contribution is 0.444. The lowest BCUT2D eigenvalue weighted by Crippen LogP contribution is -2.31. The lowest BCUT2D eigenvalue weighted by atomic mass is 10.1. The maximum Gasteiger partial charge on any atom is 0.218 e. The first-order valence-electron chi connectivity index (χ1n) is 7.29. The Bertz CT molecular complexity index is 479. The van der Waals surface area contributed by atoms with Crippen LogP contribution < -0.4 is 5.32 Å². The molecular formula is C15H26N2O2S. The summed E-state index contributed by atoms with van der Waals surface area (Å²) in [6.45, 7) is 8.74. The largest absolute Gasteiger partial charge is 0.313 e. The van der Waals surface area contributed by atoms with Crippen LogP contribution in [0.5, 0.6) is 0 Å². The Morgan fingerprint density at radius 1 is 1.00 bits per heavy atom. The second-order valence-electron chi connectivity index (χ2n) is 4.83.